The number of hydrogen-bond donors (Lipinski definition) is 2. The normalized spacial score (nSPS) is 11.3. The lowest BCUT2D eigenvalue weighted by Crippen LogP contribution is -2.01. The van der Waals surface area contributed by atoms with Gasteiger partial charge in [0, 0.05) is 5.92 Å². The van der Waals surface area contributed by atoms with Gasteiger partial charge in [0.15, 0.2) is 0 Å². The van der Waals surface area contributed by atoms with Gasteiger partial charge in [0.05, 0.1) is 0 Å². The molecule has 0 atom stereocenters. The maximum Gasteiger partial charge on any atom is 0.142 e. The molecule has 3 nitrogen and oxygen atoms in total. The molecule has 0 aliphatic heterocycles. The number of aromatic amines is 2. The van der Waals surface area contributed by atoms with E-state index in [1.807, 2.05) is 0 Å². The molecule has 0 fully saturated rings. The van der Waals surface area contributed by atoms with Crippen LogP contribution in [0.1, 0.15) is 89.7 Å². The van der Waals surface area contributed by atoms with E-state index in [4.69, 9.17) is 12.2 Å². The van der Waals surface area contributed by atoms with Crippen molar-refractivity contribution in [2.75, 3.05) is 0 Å². The van der Waals surface area contributed by atoms with Gasteiger partial charge >= 0.3 is 0 Å². The largest absolute Gasteiger partial charge is 0.273 e. The van der Waals surface area contributed by atoms with E-state index in [9.17, 15) is 0 Å². The maximum atomic E-state index is 5.32. The Balaban J connectivity index is 2.43. The van der Waals surface area contributed by atoms with Crippen molar-refractivity contribution in [3.63, 3.8) is 0 Å². The summed E-state index contributed by atoms with van der Waals surface area (Å²) in [6.07, 6.45) is 13.0. The van der Waals surface area contributed by atoms with Crippen LogP contribution in [0, 0.1) is 4.64 Å². The molecule has 2 N–H and O–H groups in total. The Morgan fingerprint density at radius 2 is 1.53 bits per heavy atom. The Bertz CT molecular complexity index is 357. The molecule has 4 heteroatoms. The van der Waals surface area contributed by atoms with Gasteiger partial charge in [0.2, 0.25) is 0 Å². The predicted molar refractivity (Wildman–Crippen MR) is 84.0 cm³/mol. The van der Waals surface area contributed by atoms with Crippen molar-refractivity contribution in [2.24, 2.45) is 0 Å². The number of H-pyrrole nitrogens is 2. The molecule has 0 aliphatic rings. The van der Waals surface area contributed by atoms with Gasteiger partial charge in [-0.05, 0) is 12.8 Å². The molecule has 1 rings (SSSR count). The minimum atomic E-state index is 0.545. The summed E-state index contributed by atoms with van der Waals surface area (Å²) in [5, 5.41) is 10.1. The van der Waals surface area contributed by atoms with Crippen molar-refractivity contribution in [2.45, 2.75) is 84.0 Å². The molecule has 0 radical (unpaired) electrons. The van der Waals surface area contributed by atoms with Crippen LogP contribution in [0.15, 0.2) is 0 Å². The standard InChI is InChI=1S/C15H29N3S/c1-3-5-7-9-11-13(12-10-8-6-4-2)14-15(19)17-18-16-14/h13H,3-12H2,1-2H3,(H2,16,17,18,19). The highest BCUT2D eigenvalue weighted by molar-refractivity contribution is 7.71. The molecule has 0 unspecified atom stereocenters. The third kappa shape index (κ3) is 6.37. The molecule has 0 amide bonds. The van der Waals surface area contributed by atoms with Gasteiger partial charge in [-0.2, -0.15) is 5.10 Å². The zero-order valence-corrected chi connectivity index (χ0v) is 13.3. The monoisotopic (exact) mass is 283 g/mol. The molecule has 1 heterocycles. The topological polar surface area (TPSA) is 44.5 Å². The van der Waals surface area contributed by atoms with Crippen LogP contribution in [0.25, 0.3) is 0 Å². The van der Waals surface area contributed by atoms with Crippen molar-refractivity contribution in [1.82, 2.24) is 15.4 Å². The number of hydrogen-bond acceptors (Lipinski definition) is 2. The Kier molecular flexibility index (Phi) is 8.80. The van der Waals surface area contributed by atoms with Crippen molar-refractivity contribution >= 4 is 12.2 Å². The summed E-state index contributed by atoms with van der Waals surface area (Å²) in [6, 6.07) is 0. The molecule has 110 valence electrons. The zero-order chi connectivity index (χ0) is 13.9. The maximum absolute atomic E-state index is 5.32. The molecule has 19 heavy (non-hydrogen) atoms. The second kappa shape index (κ2) is 10.2. The molecule has 0 saturated heterocycles. The molecule has 1 aromatic rings. The molecule has 0 bridgehead atoms. The van der Waals surface area contributed by atoms with Crippen LogP contribution in [0.5, 0.6) is 0 Å². The summed E-state index contributed by atoms with van der Waals surface area (Å²) >= 11 is 5.32. The number of aromatic nitrogens is 3. The van der Waals surface area contributed by atoms with E-state index in [2.05, 4.69) is 29.3 Å². The molecule has 1 aromatic heterocycles. The average Bonchev–Trinajstić information content (AvgIpc) is 2.83. The molecular formula is C15H29N3S. The van der Waals surface area contributed by atoms with Crippen molar-refractivity contribution < 1.29 is 0 Å². The van der Waals surface area contributed by atoms with Crippen LogP contribution in [-0.2, 0) is 0 Å². The minimum Gasteiger partial charge on any atom is -0.273 e. The predicted octanol–water partition coefficient (Wildman–Crippen LogP) is 5.49. The third-order valence-electron chi connectivity index (χ3n) is 3.78. The SMILES string of the molecule is CCCCCCC(CCCCCC)c1n[nH][nH]c1=S. The van der Waals surface area contributed by atoms with Crippen LogP contribution in [0.4, 0.5) is 0 Å². The lowest BCUT2D eigenvalue weighted by Gasteiger charge is -2.14. The fraction of sp³-hybridized carbons (Fsp3) is 0.867. The van der Waals surface area contributed by atoms with Gasteiger partial charge in [-0.1, -0.05) is 77.4 Å². The lowest BCUT2D eigenvalue weighted by atomic mass is 9.92. The molecule has 0 spiro atoms. The van der Waals surface area contributed by atoms with Gasteiger partial charge in [-0.25, -0.2) is 5.21 Å². The van der Waals surface area contributed by atoms with Crippen LogP contribution in [0.3, 0.4) is 0 Å². The third-order valence-corrected chi connectivity index (χ3v) is 4.09. The van der Waals surface area contributed by atoms with E-state index in [1.54, 1.807) is 0 Å². The van der Waals surface area contributed by atoms with Crippen molar-refractivity contribution in [3.05, 3.63) is 10.3 Å². The summed E-state index contributed by atoms with van der Waals surface area (Å²) in [5.41, 5.74) is 1.09. The Morgan fingerprint density at radius 3 is 1.95 bits per heavy atom. The molecule has 0 aliphatic carbocycles. The van der Waals surface area contributed by atoms with Crippen LogP contribution in [-0.4, -0.2) is 15.4 Å². The summed E-state index contributed by atoms with van der Waals surface area (Å²) in [6.45, 7) is 4.51. The Labute approximate surface area is 122 Å². The number of rotatable bonds is 11. The first-order chi connectivity index (χ1) is 9.29. The first-order valence-electron chi connectivity index (χ1n) is 7.92. The summed E-state index contributed by atoms with van der Waals surface area (Å²) < 4.78 is 0.802. The smallest absolute Gasteiger partial charge is 0.142 e. The lowest BCUT2D eigenvalue weighted by molar-refractivity contribution is 0.487. The van der Waals surface area contributed by atoms with Crippen molar-refractivity contribution in [3.8, 4) is 0 Å². The number of nitrogens with zero attached hydrogens (tertiary/aromatic N) is 1. The van der Waals surface area contributed by atoms with Gasteiger partial charge in [-0.3, -0.25) is 5.10 Å². The van der Waals surface area contributed by atoms with E-state index >= 15 is 0 Å². The quantitative estimate of drug-likeness (QED) is 0.416. The van der Waals surface area contributed by atoms with E-state index in [0.29, 0.717) is 5.92 Å². The summed E-state index contributed by atoms with van der Waals surface area (Å²) in [4.78, 5) is 0. The van der Waals surface area contributed by atoms with E-state index < -0.39 is 0 Å². The highest BCUT2D eigenvalue weighted by Crippen LogP contribution is 2.27. The van der Waals surface area contributed by atoms with Crippen molar-refractivity contribution in [1.29, 1.82) is 0 Å². The fourth-order valence-electron chi connectivity index (χ4n) is 2.58. The van der Waals surface area contributed by atoms with Gasteiger partial charge in [0.1, 0.15) is 10.3 Å². The second-order valence-corrected chi connectivity index (χ2v) is 5.87. The van der Waals surface area contributed by atoms with Gasteiger partial charge in [0.25, 0.3) is 0 Å². The first kappa shape index (κ1) is 16.4. The average molecular weight is 283 g/mol. The summed E-state index contributed by atoms with van der Waals surface area (Å²) in [7, 11) is 0. The van der Waals surface area contributed by atoms with Crippen LogP contribution < -0.4 is 0 Å². The molecular weight excluding hydrogens is 254 g/mol. The van der Waals surface area contributed by atoms with Gasteiger partial charge < -0.3 is 0 Å². The van der Waals surface area contributed by atoms with Crippen LogP contribution >= 0.6 is 12.2 Å². The highest BCUT2D eigenvalue weighted by atomic mass is 32.1. The number of unbranched alkanes of at least 4 members (excludes halogenated alkanes) is 6. The number of nitrogens with one attached hydrogen (secondary N) is 2. The first-order valence-corrected chi connectivity index (χ1v) is 8.33. The highest BCUT2D eigenvalue weighted by Gasteiger charge is 2.15. The Morgan fingerprint density at radius 1 is 0.947 bits per heavy atom. The molecule has 0 saturated carbocycles. The minimum absolute atomic E-state index is 0.545. The van der Waals surface area contributed by atoms with E-state index in [-0.39, 0.29) is 0 Å². The zero-order valence-electron chi connectivity index (χ0n) is 12.5. The second-order valence-electron chi connectivity index (χ2n) is 5.46. The van der Waals surface area contributed by atoms with E-state index in [1.165, 1.54) is 64.2 Å². The van der Waals surface area contributed by atoms with Gasteiger partial charge in [-0.15, -0.1) is 0 Å². The fourth-order valence-corrected chi connectivity index (χ4v) is 2.84. The molecule has 0 aromatic carbocycles. The Hall–Kier alpha value is -0.640. The van der Waals surface area contributed by atoms with Crippen LogP contribution in [0.2, 0.25) is 0 Å². The van der Waals surface area contributed by atoms with E-state index in [0.717, 1.165) is 10.3 Å². The summed E-state index contributed by atoms with van der Waals surface area (Å²) in [5.74, 6) is 0.545.